The number of hydrogen-bond acceptors (Lipinski definition) is 3. The molecule has 1 aliphatic heterocycles. The van der Waals surface area contributed by atoms with Crippen molar-refractivity contribution in [2.24, 2.45) is 5.92 Å². The number of amides is 1. The van der Waals surface area contributed by atoms with Crippen molar-refractivity contribution >= 4 is 11.9 Å². The zero-order chi connectivity index (χ0) is 11.3. The summed E-state index contributed by atoms with van der Waals surface area (Å²) in [4.78, 5) is 23.4. The van der Waals surface area contributed by atoms with E-state index in [1.54, 1.807) is 4.90 Å². The number of carboxylic acid groups (broad SMARTS) is 1. The molecule has 1 heterocycles. The van der Waals surface area contributed by atoms with Crippen molar-refractivity contribution in [3.8, 4) is 0 Å². The molecule has 1 amide bonds. The fraction of sp³-hybridized carbons (Fsp3) is 0.800. The lowest BCUT2D eigenvalue weighted by atomic mass is 9.96. The summed E-state index contributed by atoms with van der Waals surface area (Å²) < 4.78 is 5.11. The van der Waals surface area contributed by atoms with Gasteiger partial charge in [-0.25, -0.2) is 0 Å². The highest BCUT2D eigenvalue weighted by atomic mass is 16.5. The van der Waals surface area contributed by atoms with Gasteiger partial charge in [0.25, 0.3) is 0 Å². The first-order valence-electron chi connectivity index (χ1n) is 5.20. The molecule has 1 N–H and O–H groups in total. The van der Waals surface area contributed by atoms with Crippen LogP contribution in [-0.4, -0.2) is 48.2 Å². The third-order valence-corrected chi connectivity index (χ3v) is 2.35. The molecule has 1 saturated heterocycles. The van der Waals surface area contributed by atoms with E-state index in [-0.39, 0.29) is 24.9 Å². The third kappa shape index (κ3) is 3.87. The maximum atomic E-state index is 11.4. The van der Waals surface area contributed by atoms with Crippen LogP contribution in [0.5, 0.6) is 0 Å². The Morgan fingerprint density at radius 3 is 2.67 bits per heavy atom. The van der Waals surface area contributed by atoms with Gasteiger partial charge in [0.15, 0.2) is 0 Å². The molecule has 0 aromatic heterocycles. The molecule has 0 saturated carbocycles. The second kappa shape index (κ2) is 5.70. The fourth-order valence-electron chi connectivity index (χ4n) is 1.54. The van der Waals surface area contributed by atoms with E-state index in [9.17, 15) is 9.59 Å². The maximum Gasteiger partial charge on any atom is 0.303 e. The molecule has 1 aliphatic rings. The highest BCUT2D eigenvalue weighted by Crippen LogP contribution is 2.18. The summed E-state index contributed by atoms with van der Waals surface area (Å²) in [6.07, 6.45) is 1.05. The molecule has 15 heavy (non-hydrogen) atoms. The van der Waals surface area contributed by atoms with Crippen molar-refractivity contribution in [2.75, 3.05) is 26.3 Å². The van der Waals surface area contributed by atoms with E-state index in [4.69, 9.17) is 9.84 Å². The Morgan fingerprint density at radius 1 is 1.47 bits per heavy atom. The van der Waals surface area contributed by atoms with Crippen molar-refractivity contribution in [1.29, 1.82) is 0 Å². The SMILES string of the molecule is CCCOCC(=O)N1CC(CC(=O)O)C1. The van der Waals surface area contributed by atoms with Crippen LogP contribution in [0, 0.1) is 5.92 Å². The lowest BCUT2D eigenvalue weighted by molar-refractivity contribution is -0.147. The average molecular weight is 215 g/mol. The predicted octanol–water partition coefficient (Wildman–Crippen LogP) is 0.346. The lowest BCUT2D eigenvalue weighted by Crippen LogP contribution is -2.51. The Kier molecular flexibility index (Phi) is 4.55. The van der Waals surface area contributed by atoms with E-state index in [0.29, 0.717) is 19.7 Å². The number of carboxylic acids is 1. The van der Waals surface area contributed by atoms with Gasteiger partial charge in [-0.05, 0) is 6.42 Å². The second-order valence-electron chi connectivity index (χ2n) is 3.82. The molecule has 0 atom stereocenters. The number of hydrogen-bond donors (Lipinski definition) is 1. The molecule has 0 spiro atoms. The van der Waals surface area contributed by atoms with Crippen LogP contribution in [-0.2, 0) is 14.3 Å². The summed E-state index contributed by atoms with van der Waals surface area (Å²) in [5.41, 5.74) is 0. The molecule has 0 radical (unpaired) electrons. The van der Waals surface area contributed by atoms with E-state index in [1.165, 1.54) is 0 Å². The second-order valence-corrected chi connectivity index (χ2v) is 3.82. The van der Waals surface area contributed by atoms with Crippen LogP contribution >= 0.6 is 0 Å². The number of nitrogens with zero attached hydrogens (tertiary/aromatic N) is 1. The van der Waals surface area contributed by atoms with Crippen molar-refractivity contribution in [3.63, 3.8) is 0 Å². The number of carbonyl (C=O) groups excluding carboxylic acids is 1. The molecule has 0 unspecified atom stereocenters. The summed E-state index contributed by atoms with van der Waals surface area (Å²) in [6, 6.07) is 0. The molecule has 5 heteroatoms. The Bertz CT molecular complexity index is 236. The molecule has 0 aromatic rings. The van der Waals surface area contributed by atoms with E-state index >= 15 is 0 Å². The van der Waals surface area contributed by atoms with Gasteiger partial charge >= 0.3 is 5.97 Å². The molecule has 5 nitrogen and oxygen atoms in total. The number of likely N-dealkylation sites (tertiary alicyclic amines) is 1. The van der Waals surface area contributed by atoms with Gasteiger partial charge in [-0.2, -0.15) is 0 Å². The van der Waals surface area contributed by atoms with E-state index in [1.807, 2.05) is 6.92 Å². The third-order valence-electron chi connectivity index (χ3n) is 2.35. The van der Waals surface area contributed by atoms with Crippen molar-refractivity contribution < 1.29 is 19.4 Å². The van der Waals surface area contributed by atoms with Gasteiger partial charge in [0, 0.05) is 25.6 Å². The maximum absolute atomic E-state index is 11.4. The average Bonchev–Trinajstić information content (AvgIpc) is 2.10. The topological polar surface area (TPSA) is 66.8 Å². The number of aliphatic carboxylic acids is 1. The Balaban J connectivity index is 2.09. The molecule has 0 bridgehead atoms. The number of rotatable bonds is 6. The van der Waals surface area contributed by atoms with Crippen molar-refractivity contribution in [1.82, 2.24) is 4.90 Å². The van der Waals surface area contributed by atoms with Crippen LogP contribution in [0.1, 0.15) is 19.8 Å². The molecule has 1 fully saturated rings. The predicted molar refractivity (Wildman–Crippen MR) is 53.4 cm³/mol. The van der Waals surface area contributed by atoms with E-state index < -0.39 is 5.97 Å². The van der Waals surface area contributed by atoms with Crippen LogP contribution in [0.2, 0.25) is 0 Å². The van der Waals surface area contributed by atoms with Gasteiger partial charge in [-0.1, -0.05) is 6.92 Å². The molecule has 1 rings (SSSR count). The van der Waals surface area contributed by atoms with Crippen molar-refractivity contribution in [3.05, 3.63) is 0 Å². The Labute approximate surface area is 89.0 Å². The zero-order valence-electron chi connectivity index (χ0n) is 8.94. The van der Waals surface area contributed by atoms with Crippen LogP contribution in [0.3, 0.4) is 0 Å². The monoisotopic (exact) mass is 215 g/mol. The summed E-state index contributed by atoms with van der Waals surface area (Å²) in [5, 5.41) is 8.52. The van der Waals surface area contributed by atoms with Crippen LogP contribution in [0.4, 0.5) is 0 Å². The highest BCUT2D eigenvalue weighted by molar-refractivity contribution is 5.78. The minimum absolute atomic E-state index is 0.0370. The summed E-state index contributed by atoms with van der Waals surface area (Å²) >= 11 is 0. The van der Waals surface area contributed by atoms with Crippen LogP contribution in [0.25, 0.3) is 0 Å². The minimum Gasteiger partial charge on any atom is -0.481 e. The normalized spacial score (nSPS) is 16.2. The largest absolute Gasteiger partial charge is 0.481 e. The fourth-order valence-corrected chi connectivity index (χ4v) is 1.54. The summed E-state index contributed by atoms with van der Waals surface area (Å²) in [7, 11) is 0. The molecule has 86 valence electrons. The summed E-state index contributed by atoms with van der Waals surface area (Å²) in [6.45, 7) is 3.81. The lowest BCUT2D eigenvalue weighted by Gasteiger charge is -2.38. The quantitative estimate of drug-likeness (QED) is 0.649. The van der Waals surface area contributed by atoms with Gasteiger partial charge in [0.2, 0.25) is 5.91 Å². The summed E-state index contributed by atoms with van der Waals surface area (Å²) in [5.74, 6) is -0.711. The molecule has 0 aromatic carbocycles. The van der Waals surface area contributed by atoms with Gasteiger partial charge < -0.3 is 14.7 Å². The van der Waals surface area contributed by atoms with E-state index in [2.05, 4.69) is 0 Å². The van der Waals surface area contributed by atoms with Gasteiger partial charge in [-0.15, -0.1) is 0 Å². The first kappa shape index (κ1) is 12.0. The molecule has 0 aliphatic carbocycles. The van der Waals surface area contributed by atoms with Gasteiger partial charge in [0.05, 0.1) is 6.42 Å². The zero-order valence-corrected chi connectivity index (χ0v) is 8.94. The van der Waals surface area contributed by atoms with Crippen LogP contribution in [0.15, 0.2) is 0 Å². The van der Waals surface area contributed by atoms with Gasteiger partial charge in [-0.3, -0.25) is 9.59 Å². The highest BCUT2D eigenvalue weighted by Gasteiger charge is 2.31. The van der Waals surface area contributed by atoms with Gasteiger partial charge in [0.1, 0.15) is 6.61 Å². The molecular weight excluding hydrogens is 198 g/mol. The Morgan fingerprint density at radius 2 is 2.13 bits per heavy atom. The number of carbonyl (C=O) groups is 2. The minimum atomic E-state index is -0.797. The first-order valence-corrected chi connectivity index (χ1v) is 5.20. The molecular formula is C10H17NO4. The van der Waals surface area contributed by atoms with Crippen LogP contribution < -0.4 is 0 Å². The van der Waals surface area contributed by atoms with Crippen molar-refractivity contribution in [2.45, 2.75) is 19.8 Å². The number of ether oxygens (including phenoxy) is 1. The smallest absolute Gasteiger partial charge is 0.303 e. The first-order chi connectivity index (χ1) is 7.13. The van der Waals surface area contributed by atoms with E-state index in [0.717, 1.165) is 6.42 Å². The standard InChI is InChI=1S/C10H17NO4/c1-2-3-15-7-9(12)11-5-8(6-11)4-10(13)14/h8H,2-7H2,1H3,(H,13,14). The Hall–Kier alpha value is -1.10.